The Morgan fingerprint density at radius 2 is 1.71 bits per heavy atom. The topological polar surface area (TPSA) is 95.6 Å². The van der Waals surface area contributed by atoms with E-state index in [2.05, 4.69) is 10.9 Å². The maximum absolute atomic E-state index is 12.6. The fraction of sp³-hybridized carbons (Fsp3) is 0.143. The molecule has 2 aromatic carbocycles. The zero-order chi connectivity index (χ0) is 22.4. The number of nitrogens with zero attached hydrogens (tertiary/aromatic N) is 1. The Morgan fingerprint density at radius 1 is 0.968 bits per heavy atom. The van der Waals surface area contributed by atoms with Crippen molar-refractivity contribution in [3.05, 3.63) is 82.0 Å². The normalized spacial score (nSPS) is 11.3. The van der Waals surface area contributed by atoms with Crippen LogP contribution in [0.3, 0.4) is 0 Å². The predicted molar refractivity (Wildman–Crippen MR) is 123 cm³/mol. The summed E-state index contributed by atoms with van der Waals surface area (Å²) in [5, 5.41) is 2.00. The van der Waals surface area contributed by atoms with Crippen molar-refractivity contribution in [2.24, 2.45) is 0 Å². The van der Waals surface area contributed by atoms with E-state index in [1.165, 1.54) is 55.0 Å². The zero-order valence-electron chi connectivity index (χ0n) is 16.9. The predicted octanol–water partition coefficient (Wildman–Crippen LogP) is 3.37. The van der Waals surface area contributed by atoms with Gasteiger partial charge in [0.05, 0.1) is 10.5 Å². The molecule has 2 amide bonds. The summed E-state index contributed by atoms with van der Waals surface area (Å²) in [4.78, 5) is 27.1. The van der Waals surface area contributed by atoms with Crippen molar-refractivity contribution in [1.82, 2.24) is 15.2 Å². The zero-order valence-corrected chi connectivity index (χ0v) is 19.3. The maximum Gasteiger partial charge on any atom is 0.270 e. The number of thioether (sulfide) groups is 1. The molecule has 0 atom stereocenters. The smallest absolute Gasteiger partial charge is 0.267 e. The van der Waals surface area contributed by atoms with Gasteiger partial charge in [0, 0.05) is 35.2 Å². The lowest BCUT2D eigenvalue weighted by Crippen LogP contribution is -2.41. The molecule has 7 nitrogen and oxygen atoms in total. The number of thiophene rings is 1. The molecule has 3 rings (SSSR count). The van der Waals surface area contributed by atoms with Gasteiger partial charge in [-0.3, -0.25) is 20.4 Å². The molecule has 162 valence electrons. The van der Waals surface area contributed by atoms with Gasteiger partial charge in [-0.25, -0.2) is 12.7 Å². The first-order valence-electron chi connectivity index (χ1n) is 9.16. The van der Waals surface area contributed by atoms with Gasteiger partial charge in [-0.05, 0) is 41.8 Å². The maximum atomic E-state index is 12.6. The summed E-state index contributed by atoms with van der Waals surface area (Å²) in [6, 6.07) is 16.8. The number of hydrogen-bond acceptors (Lipinski definition) is 6. The van der Waals surface area contributed by atoms with Crippen LogP contribution in [0.15, 0.2) is 75.8 Å². The summed E-state index contributed by atoms with van der Waals surface area (Å²) in [5.74, 6) is -0.339. The third-order valence-electron chi connectivity index (χ3n) is 4.25. The van der Waals surface area contributed by atoms with Gasteiger partial charge < -0.3 is 0 Å². The first-order chi connectivity index (χ1) is 14.8. The van der Waals surface area contributed by atoms with E-state index < -0.39 is 21.8 Å². The number of sulfonamides is 1. The number of amides is 2. The summed E-state index contributed by atoms with van der Waals surface area (Å²) in [6.45, 7) is 0. The molecular weight excluding hydrogens is 454 g/mol. The number of carbonyl (C=O) groups is 2. The van der Waals surface area contributed by atoms with E-state index in [-0.39, 0.29) is 10.5 Å². The first kappa shape index (κ1) is 23.0. The molecule has 0 unspecified atom stereocenters. The van der Waals surface area contributed by atoms with Crippen molar-refractivity contribution in [1.29, 1.82) is 0 Å². The monoisotopic (exact) mass is 475 g/mol. The van der Waals surface area contributed by atoms with Gasteiger partial charge in [-0.15, -0.1) is 23.1 Å². The molecule has 1 aromatic heterocycles. The molecule has 2 N–H and O–H groups in total. The van der Waals surface area contributed by atoms with Crippen molar-refractivity contribution in [2.45, 2.75) is 15.5 Å². The third-order valence-corrected chi connectivity index (χ3v) is 8.24. The molecule has 0 fully saturated rings. The summed E-state index contributed by atoms with van der Waals surface area (Å²) >= 11 is 3.19. The van der Waals surface area contributed by atoms with E-state index in [0.717, 1.165) is 15.0 Å². The standard InChI is InChI=1S/C21H21N3O4S3/c1-24(2)31(27,28)17-9-5-7-15(13-17)20(25)22-23-21(26)18-10-3-4-11-19(18)30-14-16-8-6-12-29-16/h3-13H,14H2,1-2H3,(H,22,25)(H,23,26). The highest BCUT2D eigenvalue weighted by Gasteiger charge is 2.19. The number of carbonyl (C=O) groups excluding carboxylic acids is 2. The average Bonchev–Trinajstić information content (AvgIpc) is 3.29. The van der Waals surface area contributed by atoms with E-state index in [0.29, 0.717) is 5.56 Å². The molecule has 0 spiro atoms. The average molecular weight is 476 g/mol. The Bertz CT molecular complexity index is 1180. The van der Waals surface area contributed by atoms with Crippen LogP contribution in [0.4, 0.5) is 0 Å². The summed E-state index contributed by atoms with van der Waals surface area (Å²) in [6.07, 6.45) is 0. The van der Waals surface area contributed by atoms with Crippen molar-refractivity contribution < 1.29 is 18.0 Å². The van der Waals surface area contributed by atoms with E-state index in [1.807, 2.05) is 29.6 Å². The molecule has 0 bridgehead atoms. The van der Waals surface area contributed by atoms with Crippen molar-refractivity contribution in [3.8, 4) is 0 Å². The lowest BCUT2D eigenvalue weighted by molar-refractivity contribution is 0.0845. The van der Waals surface area contributed by atoms with Gasteiger partial charge in [0.15, 0.2) is 0 Å². The van der Waals surface area contributed by atoms with Gasteiger partial charge in [0.2, 0.25) is 10.0 Å². The Hall–Kier alpha value is -2.66. The molecule has 10 heteroatoms. The molecule has 1 heterocycles. The molecule has 3 aromatic rings. The van der Waals surface area contributed by atoms with Crippen LogP contribution in [-0.4, -0.2) is 38.6 Å². The molecule has 0 aliphatic carbocycles. The van der Waals surface area contributed by atoms with Crippen LogP contribution < -0.4 is 10.9 Å². The lowest BCUT2D eigenvalue weighted by Gasteiger charge is -2.13. The highest BCUT2D eigenvalue weighted by atomic mass is 32.2. The molecule has 0 aliphatic rings. The largest absolute Gasteiger partial charge is 0.270 e. The minimum Gasteiger partial charge on any atom is -0.267 e. The number of hydrazine groups is 1. The Morgan fingerprint density at radius 3 is 2.42 bits per heavy atom. The van der Waals surface area contributed by atoms with Crippen LogP contribution in [0.25, 0.3) is 0 Å². The Balaban J connectivity index is 1.67. The Labute approximate surface area is 189 Å². The van der Waals surface area contributed by atoms with E-state index in [9.17, 15) is 18.0 Å². The van der Waals surface area contributed by atoms with Crippen LogP contribution in [0.1, 0.15) is 25.6 Å². The molecule has 0 saturated heterocycles. The number of hydrogen-bond donors (Lipinski definition) is 2. The van der Waals surface area contributed by atoms with Crippen LogP contribution in [0.5, 0.6) is 0 Å². The van der Waals surface area contributed by atoms with Crippen molar-refractivity contribution in [3.63, 3.8) is 0 Å². The SMILES string of the molecule is CN(C)S(=O)(=O)c1cccc(C(=O)NNC(=O)c2ccccc2SCc2cccs2)c1. The molecular formula is C21H21N3O4S3. The second kappa shape index (κ2) is 10.1. The van der Waals surface area contributed by atoms with Crippen molar-refractivity contribution in [2.75, 3.05) is 14.1 Å². The third kappa shape index (κ3) is 5.73. The van der Waals surface area contributed by atoms with Crippen LogP contribution in [-0.2, 0) is 15.8 Å². The summed E-state index contributed by atoms with van der Waals surface area (Å²) < 4.78 is 25.6. The fourth-order valence-corrected chi connectivity index (χ4v) is 5.36. The summed E-state index contributed by atoms with van der Waals surface area (Å²) in [5.41, 5.74) is 5.30. The molecule has 0 radical (unpaired) electrons. The van der Waals surface area contributed by atoms with Gasteiger partial charge in [0.1, 0.15) is 0 Å². The first-order valence-corrected chi connectivity index (χ1v) is 12.5. The lowest BCUT2D eigenvalue weighted by atomic mass is 10.2. The van der Waals surface area contributed by atoms with Crippen molar-refractivity contribution >= 4 is 44.9 Å². The van der Waals surface area contributed by atoms with E-state index >= 15 is 0 Å². The summed E-state index contributed by atoms with van der Waals surface area (Å²) in [7, 11) is -0.848. The Kier molecular flexibility index (Phi) is 7.50. The highest BCUT2D eigenvalue weighted by Crippen LogP contribution is 2.27. The van der Waals surface area contributed by atoms with Crippen LogP contribution in [0, 0.1) is 0 Å². The number of nitrogens with one attached hydrogen (secondary N) is 2. The minimum atomic E-state index is -3.67. The van der Waals surface area contributed by atoms with Crippen LogP contribution >= 0.6 is 23.1 Å². The van der Waals surface area contributed by atoms with E-state index in [4.69, 9.17) is 0 Å². The van der Waals surface area contributed by atoms with Gasteiger partial charge >= 0.3 is 0 Å². The fourth-order valence-electron chi connectivity index (χ4n) is 2.59. The molecule has 0 aliphatic heterocycles. The highest BCUT2D eigenvalue weighted by molar-refractivity contribution is 7.98. The minimum absolute atomic E-state index is 0.00759. The van der Waals surface area contributed by atoms with Gasteiger partial charge in [-0.1, -0.05) is 24.3 Å². The number of rotatable bonds is 7. The quantitative estimate of drug-likeness (QED) is 0.404. The van der Waals surface area contributed by atoms with Gasteiger partial charge in [0.25, 0.3) is 11.8 Å². The molecule has 0 saturated carbocycles. The second-order valence-corrected chi connectivity index (χ2v) is 10.8. The van der Waals surface area contributed by atoms with Gasteiger partial charge in [-0.2, -0.15) is 0 Å². The van der Waals surface area contributed by atoms with E-state index in [1.54, 1.807) is 23.5 Å². The molecule has 31 heavy (non-hydrogen) atoms. The number of benzene rings is 2. The second-order valence-electron chi connectivity index (χ2n) is 6.59. The van der Waals surface area contributed by atoms with Crippen LogP contribution in [0.2, 0.25) is 0 Å².